The maximum Gasteiger partial charge on any atom is 0.145 e. The normalized spacial score (nSPS) is 11.6. The topological polar surface area (TPSA) is 131 Å². The zero-order valence-electron chi connectivity index (χ0n) is 72.9. The lowest BCUT2D eigenvalue weighted by molar-refractivity contribution is 1.14. The van der Waals surface area contributed by atoms with Gasteiger partial charge in [-0.2, -0.15) is 0 Å². The summed E-state index contributed by atoms with van der Waals surface area (Å²) in [5.74, 6) is 0. The third-order valence-electron chi connectivity index (χ3n) is 26.1. The molecule has 12 nitrogen and oxygen atoms in total. The Kier molecular flexibility index (Phi) is 19.6. The van der Waals surface area contributed by atoms with Gasteiger partial charge in [0.05, 0.1) is 84.3 Å². The minimum Gasteiger partial charge on any atom is -0.309 e. The van der Waals surface area contributed by atoms with E-state index < -0.39 is 0 Å². The quantitative estimate of drug-likeness (QED) is 0.110. The van der Waals surface area contributed by atoms with Gasteiger partial charge in [0.15, 0.2) is 0 Å². The fourth-order valence-electron chi connectivity index (χ4n) is 19.9. The molecule has 0 saturated heterocycles. The lowest BCUT2D eigenvalue weighted by Crippen LogP contribution is -1.96. The molecule has 12 heteroatoms. The molecule has 135 heavy (non-hydrogen) atoms. The molecule has 0 radical (unpaired) electrons. The molecule has 630 valence electrons. The van der Waals surface area contributed by atoms with E-state index in [4.69, 9.17) is 24.9 Å². The molecule has 0 aliphatic carbocycles. The number of fused-ring (bicyclic) bond motifs is 18. The van der Waals surface area contributed by atoms with Crippen LogP contribution in [0.3, 0.4) is 0 Å². The lowest BCUT2D eigenvalue weighted by atomic mass is 9.92. The maximum absolute atomic E-state index is 5.21. The largest absolute Gasteiger partial charge is 0.309 e. The summed E-state index contributed by atoms with van der Waals surface area (Å²) < 4.78 is 6.83. The van der Waals surface area contributed by atoms with Crippen LogP contribution in [0, 0.1) is 0 Å². The predicted molar refractivity (Wildman–Crippen MR) is 556 cm³/mol. The molecule has 12 aromatic heterocycles. The van der Waals surface area contributed by atoms with Crippen molar-refractivity contribution in [2.24, 2.45) is 0 Å². The Morgan fingerprint density at radius 1 is 0.163 bits per heavy atom. The zero-order valence-corrected chi connectivity index (χ0v) is 72.9. The fourth-order valence-corrected chi connectivity index (χ4v) is 19.9. The molecule has 12 heterocycles. The number of pyridine rings is 9. The first-order valence-electron chi connectivity index (χ1n) is 45.3. The van der Waals surface area contributed by atoms with E-state index in [1.807, 2.05) is 110 Å². The molecule has 27 rings (SSSR count). The number of hydrogen-bond donors (Lipinski definition) is 0. The van der Waals surface area contributed by atoms with Gasteiger partial charge >= 0.3 is 0 Å². The molecule has 0 atom stereocenters. The molecule has 0 aliphatic rings. The third-order valence-corrected chi connectivity index (χ3v) is 26.1. The van der Waals surface area contributed by atoms with Crippen molar-refractivity contribution in [3.05, 3.63) is 474 Å². The summed E-state index contributed by atoms with van der Waals surface area (Å²) in [5, 5.41) is 20.6. The van der Waals surface area contributed by atoms with Gasteiger partial charge in [-0.3, -0.25) is 29.5 Å². The number of para-hydroxylation sites is 3. The zero-order chi connectivity index (χ0) is 89.2. The highest BCUT2D eigenvalue weighted by atomic mass is 15.0. The van der Waals surface area contributed by atoms with Crippen LogP contribution in [0.5, 0.6) is 0 Å². The van der Waals surface area contributed by atoms with E-state index in [0.29, 0.717) is 0 Å². The first-order chi connectivity index (χ1) is 66.9. The van der Waals surface area contributed by atoms with Gasteiger partial charge < -0.3 is 9.13 Å². The Hall–Kier alpha value is -18.4. The Morgan fingerprint density at radius 3 is 1.00 bits per heavy atom. The first-order valence-corrected chi connectivity index (χ1v) is 45.3. The van der Waals surface area contributed by atoms with Crippen LogP contribution in [-0.4, -0.2) is 58.6 Å². The molecule has 15 aromatic carbocycles. The van der Waals surface area contributed by atoms with Crippen molar-refractivity contribution >= 4 is 130 Å². The van der Waals surface area contributed by atoms with Gasteiger partial charge in [0, 0.05) is 104 Å². The van der Waals surface area contributed by atoms with Crippen LogP contribution >= 0.6 is 0 Å². The van der Waals surface area contributed by atoms with Crippen molar-refractivity contribution in [2.45, 2.75) is 0 Å². The second kappa shape index (κ2) is 33.6. The first kappa shape index (κ1) is 78.8. The smallest absolute Gasteiger partial charge is 0.145 e. The molecule has 0 amide bonds. The number of nitrogens with zero attached hydrogens (tertiary/aromatic N) is 12. The molecule has 0 fully saturated rings. The van der Waals surface area contributed by atoms with Crippen LogP contribution in [0.25, 0.3) is 249 Å². The summed E-state index contributed by atoms with van der Waals surface area (Å²) in [6.07, 6.45) is 13.0. The van der Waals surface area contributed by atoms with Crippen LogP contribution in [0.4, 0.5) is 0 Å². The Balaban J connectivity index is 0.000000108. The van der Waals surface area contributed by atoms with Crippen LogP contribution in [-0.2, 0) is 0 Å². The standard InChI is InChI=1S/3C41H26N4/c1-2-11-31-28(10-1)24-36(33-13-4-3-12-32(31)33)38-25-29(26-39(44-38)37-16-7-8-22-42-37)27-18-20-30(21-19-27)45-40-17-6-5-14-34(40)35-15-9-23-43-41(35)45;1-2-11-31-28(10-1)24-35(33-13-4-3-12-32(31)33)29-25-37(44-38(26-29)36-15-7-8-22-42-36)27-18-20-30(21-19-27)45-39-16-6-5-14-34(39)41-40(45)17-9-23-43-41;1-2-10-31-28(9-1)23-35(33-12-4-3-11-32(31)33)29-24-38(44-39(25-29)37-14-7-8-21-43-37)27-16-18-30(19-17-27)45-40-15-6-5-13-34(40)36-26-42-22-20-41(36)45/h3*1-26H. The molecule has 27 aromatic rings. The lowest BCUT2D eigenvalue weighted by Gasteiger charge is -2.14. The highest BCUT2D eigenvalue weighted by Gasteiger charge is 2.23. The monoisotopic (exact) mass is 1720 g/mol. The number of aromatic nitrogens is 12. The van der Waals surface area contributed by atoms with E-state index in [2.05, 4.69) is 398 Å². The van der Waals surface area contributed by atoms with E-state index in [1.165, 1.54) is 86.5 Å². The number of rotatable bonds is 12. The van der Waals surface area contributed by atoms with Crippen LogP contribution < -0.4 is 0 Å². The molecule has 0 unspecified atom stereocenters. The van der Waals surface area contributed by atoms with Crippen molar-refractivity contribution in [1.82, 2.24) is 58.6 Å². The van der Waals surface area contributed by atoms with Gasteiger partial charge in [0.25, 0.3) is 0 Å². The minimum atomic E-state index is 0.844. The summed E-state index contributed by atoms with van der Waals surface area (Å²) in [4.78, 5) is 43.4. The highest BCUT2D eigenvalue weighted by Crippen LogP contribution is 2.45. The number of hydrogen-bond acceptors (Lipinski definition) is 9. The van der Waals surface area contributed by atoms with E-state index in [1.54, 1.807) is 0 Å². The fraction of sp³-hybridized carbons (Fsp3) is 0. The van der Waals surface area contributed by atoms with E-state index in [-0.39, 0.29) is 0 Å². The molecular weight excluding hydrogens is 1650 g/mol. The summed E-state index contributed by atoms with van der Waals surface area (Å²) in [5.41, 5.74) is 28.7. The molecule has 0 spiro atoms. The summed E-state index contributed by atoms with van der Waals surface area (Å²) >= 11 is 0. The van der Waals surface area contributed by atoms with Crippen molar-refractivity contribution in [2.75, 3.05) is 0 Å². The van der Waals surface area contributed by atoms with E-state index in [0.717, 1.165) is 162 Å². The van der Waals surface area contributed by atoms with E-state index in [9.17, 15) is 0 Å². The van der Waals surface area contributed by atoms with Gasteiger partial charge in [-0.15, -0.1) is 0 Å². The van der Waals surface area contributed by atoms with Gasteiger partial charge in [-0.25, -0.2) is 19.9 Å². The SMILES string of the molecule is c1ccc(-c2cc(-c3cc4ccccc4c4ccccc34)cc(-c3ccc(-n4c5ccccc5c5cnccc54)cc3)n2)nc1.c1ccc(-c2cc(-c3cc4ccccc4c4ccccc34)cc(-c3ccc(-n4c5ccccc5c5ncccc54)cc3)n2)nc1.c1ccc(-c2cc(-c3ccc(-n4c5ccccc5c5cccnc54)cc3)cc(-c3cc4ccccc4c4ccccc34)n2)nc1. The second-order valence-corrected chi connectivity index (χ2v) is 33.9. The molecule has 0 saturated carbocycles. The summed E-state index contributed by atoms with van der Waals surface area (Å²) in [6.45, 7) is 0. The van der Waals surface area contributed by atoms with Crippen LogP contribution in [0.15, 0.2) is 474 Å². The van der Waals surface area contributed by atoms with Gasteiger partial charge in [0.1, 0.15) is 5.65 Å². The predicted octanol–water partition coefficient (Wildman–Crippen LogP) is 30.8. The van der Waals surface area contributed by atoms with E-state index >= 15 is 0 Å². The van der Waals surface area contributed by atoms with Crippen LogP contribution in [0.1, 0.15) is 0 Å². The third kappa shape index (κ3) is 14.2. The Labute approximate surface area is 776 Å². The average molecular weight is 1720 g/mol. The van der Waals surface area contributed by atoms with Crippen molar-refractivity contribution in [3.8, 4) is 118 Å². The highest BCUT2D eigenvalue weighted by molar-refractivity contribution is 6.18. The molecule has 0 N–H and O–H groups in total. The Bertz CT molecular complexity index is 8280. The maximum atomic E-state index is 5.21. The second-order valence-electron chi connectivity index (χ2n) is 33.9. The molecule has 0 aliphatic heterocycles. The van der Waals surface area contributed by atoms with Gasteiger partial charge in [-0.1, -0.05) is 255 Å². The summed E-state index contributed by atoms with van der Waals surface area (Å²) in [7, 11) is 0. The van der Waals surface area contributed by atoms with Gasteiger partial charge in [0.2, 0.25) is 0 Å². The van der Waals surface area contributed by atoms with Crippen molar-refractivity contribution in [3.63, 3.8) is 0 Å². The molecule has 0 bridgehead atoms. The number of benzene rings is 15. The average Bonchev–Trinajstić information content (AvgIpc) is 1.49. The van der Waals surface area contributed by atoms with Crippen molar-refractivity contribution in [1.29, 1.82) is 0 Å². The molecular formula is C123H78N12. The minimum absolute atomic E-state index is 0.844. The summed E-state index contributed by atoms with van der Waals surface area (Å²) in [6, 6.07) is 152. The van der Waals surface area contributed by atoms with Crippen molar-refractivity contribution < 1.29 is 0 Å². The van der Waals surface area contributed by atoms with Gasteiger partial charge in [-0.05, 0) is 274 Å². The van der Waals surface area contributed by atoms with Crippen LogP contribution in [0.2, 0.25) is 0 Å². The Morgan fingerprint density at radius 2 is 0.496 bits per heavy atom.